The van der Waals surface area contributed by atoms with Gasteiger partial charge in [0.15, 0.2) is 0 Å². The summed E-state index contributed by atoms with van der Waals surface area (Å²) < 4.78 is 10.1. The van der Waals surface area contributed by atoms with Gasteiger partial charge in [0, 0.05) is 18.9 Å². The van der Waals surface area contributed by atoms with Crippen LogP contribution in [0.15, 0.2) is 30.9 Å². The largest absolute Gasteiger partial charge is 0.465 e. The Morgan fingerprint density at radius 2 is 2.30 bits per heavy atom. The summed E-state index contributed by atoms with van der Waals surface area (Å²) in [6.07, 6.45) is 5.75. The molecule has 0 spiro atoms. The van der Waals surface area contributed by atoms with E-state index in [9.17, 15) is 4.79 Å². The van der Waals surface area contributed by atoms with Crippen molar-refractivity contribution >= 4 is 27.5 Å². The molecule has 6 heteroatoms. The maximum Gasteiger partial charge on any atom is 0.348 e. The lowest BCUT2D eigenvalue weighted by molar-refractivity contribution is 0.0606. The molecule has 0 aliphatic heterocycles. The quantitative estimate of drug-likeness (QED) is 0.694. The summed E-state index contributed by atoms with van der Waals surface area (Å²) in [6, 6.07) is 3.91. The minimum Gasteiger partial charge on any atom is -0.465 e. The highest BCUT2D eigenvalue weighted by atomic mass is 32.1. The second-order valence-corrected chi connectivity index (χ2v) is 5.55. The third-order valence-electron chi connectivity index (χ3n) is 3.31. The van der Waals surface area contributed by atoms with Crippen molar-refractivity contribution in [3.8, 4) is 0 Å². The topological polar surface area (TPSA) is 49.0 Å². The van der Waals surface area contributed by atoms with Crippen LogP contribution in [0.5, 0.6) is 0 Å². The van der Waals surface area contributed by atoms with Crippen LogP contribution in [-0.2, 0) is 17.8 Å². The highest BCUT2D eigenvalue weighted by Gasteiger charge is 2.13. The Bertz CT molecular complexity index is 753. The Labute approximate surface area is 120 Å². The first-order valence-electron chi connectivity index (χ1n) is 6.39. The first-order chi connectivity index (χ1) is 9.72. The van der Waals surface area contributed by atoms with Crippen molar-refractivity contribution in [3.05, 3.63) is 41.4 Å². The summed E-state index contributed by atoms with van der Waals surface area (Å²) in [5.41, 5.74) is 2.20. The molecule has 0 amide bonds. The molecule has 0 atom stereocenters. The summed E-state index contributed by atoms with van der Waals surface area (Å²) >= 11 is 1.46. The average Bonchev–Trinajstić information content (AvgIpc) is 3.14. The van der Waals surface area contributed by atoms with Crippen LogP contribution in [0.25, 0.3) is 10.2 Å². The number of nitrogens with zero attached hydrogens (tertiary/aromatic N) is 3. The Kier molecular flexibility index (Phi) is 3.31. The minimum atomic E-state index is -0.281. The fourth-order valence-electron chi connectivity index (χ4n) is 2.26. The van der Waals surface area contributed by atoms with Crippen LogP contribution >= 0.6 is 11.3 Å². The summed E-state index contributed by atoms with van der Waals surface area (Å²) in [4.78, 5) is 16.4. The van der Waals surface area contributed by atoms with Gasteiger partial charge >= 0.3 is 5.97 Å². The molecule has 0 unspecified atom stereocenters. The van der Waals surface area contributed by atoms with Crippen LogP contribution in [-0.4, -0.2) is 27.2 Å². The van der Waals surface area contributed by atoms with Crippen molar-refractivity contribution in [2.24, 2.45) is 0 Å². The van der Waals surface area contributed by atoms with Gasteiger partial charge in [-0.25, -0.2) is 9.78 Å². The van der Waals surface area contributed by atoms with Gasteiger partial charge in [-0.1, -0.05) is 0 Å². The molecule has 3 heterocycles. The molecule has 20 heavy (non-hydrogen) atoms. The van der Waals surface area contributed by atoms with E-state index in [1.165, 1.54) is 18.4 Å². The summed E-state index contributed by atoms with van der Waals surface area (Å²) in [7, 11) is 1.40. The molecule has 3 rings (SSSR count). The zero-order valence-corrected chi connectivity index (χ0v) is 12.2. The van der Waals surface area contributed by atoms with Crippen molar-refractivity contribution in [3.63, 3.8) is 0 Å². The summed E-state index contributed by atoms with van der Waals surface area (Å²) in [6.45, 7) is 3.74. The molecule has 0 saturated carbocycles. The maximum absolute atomic E-state index is 11.6. The molecule has 5 nitrogen and oxygen atoms in total. The van der Waals surface area contributed by atoms with Crippen LogP contribution in [0, 0.1) is 0 Å². The van der Waals surface area contributed by atoms with E-state index in [0.29, 0.717) is 4.88 Å². The summed E-state index contributed by atoms with van der Waals surface area (Å²) in [5.74, 6) is -0.281. The van der Waals surface area contributed by atoms with Gasteiger partial charge in [0.1, 0.15) is 4.88 Å². The van der Waals surface area contributed by atoms with Gasteiger partial charge in [-0.3, -0.25) is 0 Å². The first-order valence-corrected chi connectivity index (χ1v) is 7.20. The predicted molar refractivity (Wildman–Crippen MR) is 78.2 cm³/mol. The molecule has 104 valence electrons. The number of thiophene rings is 1. The van der Waals surface area contributed by atoms with Crippen molar-refractivity contribution < 1.29 is 9.53 Å². The first kappa shape index (κ1) is 12.9. The molecule has 0 N–H and O–H groups in total. The average molecular weight is 289 g/mol. The molecular weight excluding hydrogens is 274 g/mol. The zero-order valence-electron chi connectivity index (χ0n) is 11.4. The number of esters is 1. The Balaban J connectivity index is 1.96. The lowest BCUT2D eigenvalue weighted by atomic mass is 10.4. The van der Waals surface area contributed by atoms with E-state index in [4.69, 9.17) is 4.74 Å². The molecule has 0 radical (unpaired) electrons. The van der Waals surface area contributed by atoms with Gasteiger partial charge in [-0.15, -0.1) is 11.3 Å². The second-order valence-electron chi connectivity index (χ2n) is 4.47. The monoisotopic (exact) mass is 289 g/mol. The number of imidazole rings is 1. The van der Waals surface area contributed by atoms with Crippen molar-refractivity contribution in [2.45, 2.75) is 20.0 Å². The SMILES string of the molecule is CCn1cncc1Cn1ccc2sc(C(=O)OC)cc21. The van der Waals surface area contributed by atoms with E-state index >= 15 is 0 Å². The normalized spacial score (nSPS) is 11.1. The number of aromatic nitrogens is 3. The molecule has 0 aromatic carbocycles. The van der Waals surface area contributed by atoms with Gasteiger partial charge in [0.2, 0.25) is 0 Å². The molecule has 0 saturated heterocycles. The molecule has 3 aromatic heterocycles. The highest BCUT2D eigenvalue weighted by Crippen LogP contribution is 2.27. The van der Waals surface area contributed by atoms with Crippen LogP contribution in [0.4, 0.5) is 0 Å². The van der Waals surface area contributed by atoms with E-state index in [0.717, 1.165) is 29.0 Å². The smallest absolute Gasteiger partial charge is 0.348 e. The molecule has 0 aliphatic rings. The third-order valence-corrected chi connectivity index (χ3v) is 4.38. The Morgan fingerprint density at radius 1 is 1.45 bits per heavy atom. The van der Waals surface area contributed by atoms with Crippen molar-refractivity contribution in [1.82, 2.24) is 14.1 Å². The van der Waals surface area contributed by atoms with Gasteiger partial charge < -0.3 is 13.9 Å². The number of hydrogen-bond donors (Lipinski definition) is 0. The fourth-order valence-corrected chi connectivity index (χ4v) is 3.24. The van der Waals surface area contributed by atoms with Crippen LogP contribution in [0.2, 0.25) is 0 Å². The van der Waals surface area contributed by atoms with Crippen LogP contribution < -0.4 is 0 Å². The van der Waals surface area contributed by atoms with Gasteiger partial charge in [-0.2, -0.15) is 0 Å². The molecule has 0 fully saturated rings. The molecule has 0 bridgehead atoms. The number of hydrogen-bond acceptors (Lipinski definition) is 4. The van der Waals surface area contributed by atoms with E-state index in [2.05, 4.69) is 21.0 Å². The Morgan fingerprint density at radius 3 is 3.05 bits per heavy atom. The minimum absolute atomic E-state index is 0.281. The van der Waals surface area contributed by atoms with E-state index < -0.39 is 0 Å². The number of aryl methyl sites for hydroxylation is 1. The van der Waals surface area contributed by atoms with Gasteiger partial charge in [0.25, 0.3) is 0 Å². The standard InChI is InChI=1S/C14H15N3O2S/c1-3-16-9-15-7-10(16)8-17-5-4-12-11(17)6-13(20-12)14(18)19-2/h4-7,9H,3,8H2,1-2H3. The predicted octanol–water partition coefficient (Wildman–Crippen LogP) is 2.75. The van der Waals surface area contributed by atoms with E-state index in [1.54, 1.807) is 0 Å². The van der Waals surface area contributed by atoms with Crippen LogP contribution in [0.3, 0.4) is 0 Å². The maximum atomic E-state index is 11.6. The number of ether oxygens (including phenoxy) is 1. The number of carbonyl (C=O) groups is 1. The van der Waals surface area contributed by atoms with E-state index in [1.807, 2.05) is 30.9 Å². The van der Waals surface area contributed by atoms with Crippen molar-refractivity contribution in [1.29, 1.82) is 0 Å². The van der Waals surface area contributed by atoms with E-state index in [-0.39, 0.29) is 5.97 Å². The fraction of sp³-hybridized carbons (Fsp3) is 0.286. The second kappa shape index (κ2) is 5.13. The molecule has 3 aromatic rings. The number of fused-ring (bicyclic) bond motifs is 1. The number of methoxy groups -OCH3 is 1. The van der Waals surface area contributed by atoms with Crippen LogP contribution in [0.1, 0.15) is 22.3 Å². The van der Waals surface area contributed by atoms with Gasteiger partial charge in [0.05, 0.1) is 35.9 Å². The third kappa shape index (κ3) is 2.12. The Hall–Kier alpha value is -2.08. The number of rotatable bonds is 4. The molecular formula is C14H15N3O2S. The van der Waals surface area contributed by atoms with Gasteiger partial charge in [-0.05, 0) is 19.1 Å². The molecule has 0 aliphatic carbocycles. The number of carbonyl (C=O) groups excluding carboxylic acids is 1. The highest BCUT2D eigenvalue weighted by molar-refractivity contribution is 7.20. The summed E-state index contributed by atoms with van der Waals surface area (Å²) in [5, 5.41) is 0. The zero-order chi connectivity index (χ0) is 14.1. The van der Waals surface area contributed by atoms with Crippen molar-refractivity contribution in [2.75, 3.05) is 7.11 Å². The lowest BCUT2D eigenvalue weighted by Crippen LogP contribution is -2.05. The lowest BCUT2D eigenvalue weighted by Gasteiger charge is -2.06.